The Morgan fingerprint density at radius 3 is 2.24 bits per heavy atom. The lowest BCUT2D eigenvalue weighted by atomic mass is 10.1. The summed E-state index contributed by atoms with van der Waals surface area (Å²) in [7, 11) is 3.93. The Hall–Kier alpha value is -2.00. The molecule has 1 atom stereocenters. The van der Waals surface area contributed by atoms with Gasteiger partial charge >= 0.3 is 0 Å². The Bertz CT molecular complexity index is 581. The Morgan fingerprint density at radius 1 is 1.10 bits per heavy atom. The molecular formula is C17H19ClN2O. The zero-order chi connectivity index (χ0) is 15.2. The number of carbonyl (C=O) groups is 1. The number of amides is 1. The molecular weight excluding hydrogens is 284 g/mol. The summed E-state index contributed by atoms with van der Waals surface area (Å²) in [5, 5.41) is 2.96. The molecule has 0 fully saturated rings. The monoisotopic (exact) mass is 302 g/mol. The molecule has 0 saturated heterocycles. The average molecular weight is 303 g/mol. The maximum absolute atomic E-state index is 12.3. The number of rotatable bonds is 5. The van der Waals surface area contributed by atoms with Crippen LogP contribution in [0.2, 0.25) is 0 Å². The summed E-state index contributed by atoms with van der Waals surface area (Å²) in [5.74, 6) is 0.223. The standard InChI is InChI=1S/C17H19ClN2O/c1-20(2)15-10-8-14(9-11-15)17(21)19-16(12-18)13-6-4-3-5-7-13/h3-11,16H,12H2,1-2H3,(H,19,21). The molecule has 4 heteroatoms. The number of hydrogen-bond donors (Lipinski definition) is 1. The molecule has 0 aliphatic rings. The minimum atomic E-state index is -0.186. The van der Waals surface area contributed by atoms with Crippen LogP contribution in [0.15, 0.2) is 54.6 Å². The maximum Gasteiger partial charge on any atom is 0.251 e. The van der Waals surface area contributed by atoms with Crippen LogP contribution in [0, 0.1) is 0 Å². The summed E-state index contributed by atoms with van der Waals surface area (Å²) in [6.45, 7) is 0. The van der Waals surface area contributed by atoms with Crippen LogP contribution in [0.4, 0.5) is 5.69 Å². The predicted octanol–water partition coefficient (Wildman–Crippen LogP) is 3.46. The summed E-state index contributed by atoms with van der Waals surface area (Å²) < 4.78 is 0. The highest BCUT2D eigenvalue weighted by molar-refractivity contribution is 6.18. The van der Waals surface area contributed by atoms with E-state index in [9.17, 15) is 4.79 Å². The van der Waals surface area contributed by atoms with Gasteiger partial charge < -0.3 is 10.2 Å². The number of halogens is 1. The summed E-state index contributed by atoms with van der Waals surface area (Å²) in [5.41, 5.74) is 2.70. The van der Waals surface area contributed by atoms with E-state index in [1.165, 1.54) is 0 Å². The topological polar surface area (TPSA) is 32.3 Å². The van der Waals surface area contributed by atoms with Gasteiger partial charge in [0.1, 0.15) is 0 Å². The van der Waals surface area contributed by atoms with Crippen molar-refractivity contribution >= 4 is 23.2 Å². The Labute approximate surface area is 130 Å². The fraction of sp³-hybridized carbons (Fsp3) is 0.235. The summed E-state index contributed by atoms with van der Waals surface area (Å²) in [4.78, 5) is 14.3. The smallest absolute Gasteiger partial charge is 0.251 e. The van der Waals surface area contributed by atoms with Gasteiger partial charge in [0, 0.05) is 31.2 Å². The van der Waals surface area contributed by atoms with E-state index in [4.69, 9.17) is 11.6 Å². The van der Waals surface area contributed by atoms with Crippen LogP contribution in [0.1, 0.15) is 22.0 Å². The van der Waals surface area contributed by atoms with Gasteiger partial charge in [0.05, 0.1) is 6.04 Å². The molecule has 0 heterocycles. The van der Waals surface area contributed by atoms with Gasteiger partial charge in [0.2, 0.25) is 0 Å². The number of anilines is 1. The van der Waals surface area contributed by atoms with E-state index in [1.54, 1.807) is 0 Å². The molecule has 0 radical (unpaired) electrons. The highest BCUT2D eigenvalue weighted by atomic mass is 35.5. The second kappa shape index (κ2) is 7.14. The highest BCUT2D eigenvalue weighted by Gasteiger charge is 2.14. The van der Waals surface area contributed by atoms with E-state index in [2.05, 4.69) is 5.32 Å². The lowest BCUT2D eigenvalue weighted by Gasteiger charge is -2.17. The largest absolute Gasteiger partial charge is 0.378 e. The van der Waals surface area contributed by atoms with E-state index in [-0.39, 0.29) is 11.9 Å². The van der Waals surface area contributed by atoms with Crippen molar-refractivity contribution in [3.63, 3.8) is 0 Å². The molecule has 2 rings (SSSR count). The van der Waals surface area contributed by atoms with E-state index >= 15 is 0 Å². The van der Waals surface area contributed by atoms with Crippen LogP contribution in [0.25, 0.3) is 0 Å². The van der Waals surface area contributed by atoms with Crippen molar-refractivity contribution in [2.45, 2.75) is 6.04 Å². The van der Waals surface area contributed by atoms with Crippen molar-refractivity contribution < 1.29 is 4.79 Å². The molecule has 110 valence electrons. The Morgan fingerprint density at radius 2 is 1.71 bits per heavy atom. The average Bonchev–Trinajstić information content (AvgIpc) is 2.53. The van der Waals surface area contributed by atoms with Crippen LogP contribution in [0.3, 0.4) is 0 Å². The fourth-order valence-electron chi connectivity index (χ4n) is 2.05. The molecule has 1 unspecified atom stereocenters. The molecule has 0 spiro atoms. The Balaban J connectivity index is 2.09. The maximum atomic E-state index is 12.3. The lowest BCUT2D eigenvalue weighted by Crippen LogP contribution is -2.29. The van der Waals surface area contributed by atoms with Crippen molar-refractivity contribution in [3.8, 4) is 0 Å². The van der Waals surface area contributed by atoms with Crippen LogP contribution < -0.4 is 10.2 Å². The zero-order valence-electron chi connectivity index (χ0n) is 12.2. The number of carbonyl (C=O) groups excluding carboxylic acids is 1. The van der Waals surface area contributed by atoms with Crippen molar-refractivity contribution in [1.29, 1.82) is 0 Å². The van der Waals surface area contributed by atoms with Crippen LogP contribution in [-0.4, -0.2) is 25.9 Å². The third-order valence-electron chi connectivity index (χ3n) is 3.31. The highest BCUT2D eigenvalue weighted by Crippen LogP contribution is 2.16. The molecule has 2 aromatic rings. The van der Waals surface area contributed by atoms with Gasteiger partial charge in [0.25, 0.3) is 5.91 Å². The van der Waals surface area contributed by atoms with Gasteiger partial charge in [-0.15, -0.1) is 11.6 Å². The number of benzene rings is 2. The Kier molecular flexibility index (Phi) is 5.23. The quantitative estimate of drug-likeness (QED) is 0.858. The number of hydrogen-bond acceptors (Lipinski definition) is 2. The van der Waals surface area contributed by atoms with Gasteiger partial charge in [-0.25, -0.2) is 0 Å². The minimum absolute atomic E-state index is 0.116. The minimum Gasteiger partial charge on any atom is -0.378 e. The third kappa shape index (κ3) is 3.99. The number of nitrogens with one attached hydrogen (secondary N) is 1. The van der Waals surface area contributed by atoms with Crippen LogP contribution >= 0.6 is 11.6 Å². The number of alkyl halides is 1. The molecule has 3 nitrogen and oxygen atoms in total. The first-order valence-electron chi connectivity index (χ1n) is 6.81. The lowest BCUT2D eigenvalue weighted by molar-refractivity contribution is 0.0940. The first-order chi connectivity index (χ1) is 10.1. The first kappa shape index (κ1) is 15.4. The molecule has 0 saturated carbocycles. The third-order valence-corrected chi connectivity index (χ3v) is 3.62. The van der Waals surface area contributed by atoms with Crippen LogP contribution in [0.5, 0.6) is 0 Å². The summed E-state index contributed by atoms with van der Waals surface area (Å²) >= 11 is 5.98. The van der Waals surface area contributed by atoms with Gasteiger partial charge in [-0.2, -0.15) is 0 Å². The molecule has 0 aromatic heterocycles. The fourth-order valence-corrected chi connectivity index (χ4v) is 2.30. The molecule has 0 bridgehead atoms. The summed E-state index contributed by atoms with van der Waals surface area (Å²) in [6, 6.07) is 17.0. The zero-order valence-corrected chi connectivity index (χ0v) is 13.0. The van der Waals surface area contributed by atoms with E-state index in [1.807, 2.05) is 73.6 Å². The molecule has 1 amide bonds. The van der Waals surface area contributed by atoms with Crippen molar-refractivity contribution in [2.75, 3.05) is 24.9 Å². The first-order valence-corrected chi connectivity index (χ1v) is 7.34. The SMILES string of the molecule is CN(C)c1ccc(C(=O)NC(CCl)c2ccccc2)cc1. The van der Waals surface area contributed by atoms with Crippen LogP contribution in [-0.2, 0) is 0 Å². The normalized spacial score (nSPS) is 11.8. The van der Waals surface area contributed by atoms with Gasteiger partial charge in [-0.05, 0) is 29.8 Å². The van der Waals surface area contributed by atoms with Crippen molar-refractivity contribution in [3.05, 3.63) is 65.7 Å². The van der Waals surface area contributed by atoms with E-state index in [0.717, 1.165) is 11.3 Å². The molecule has 1 N–H and O–H groups in total. The van der Waals surface area contributed by atoms with Gasteiger partial charge in [-0.3, -0.25) is 4.79 Å². The van der Waals surface area contributed by atoms with Gasteiger partial charge in [-0.1, -0.05) is 30.3 Å². The molecule has 21 heavy (non-hydrogen) atoms. The number of nitrogens with zero attached hydrogens (tertiary/aromatic N) is 1. The molecule has 0 aliphatic heterocycles. The second-order valence-corrected chi connectivity index (χ2v) is 5.34. The van der Waals surface area contributed by atoms with E-state index < -0.39 is 0 Å². The summed E-state index contributed by atoms with van der Waals surface area (Å²) in [6.07, 6.45) is 0. The van der Waals surface area contributed by atoms with E-state index in [0.29, 0.717) is 11.4 Å². The molecule has 2 aromatic carbocycles. The van der Waals surface area contributed by atoms with Crippen molar-refractivity contribution in [1.82, 2.24) is 5.32 Å². The second-order valence-electron chi connectivity index (χ2n) is 5.03. The van der Waals surface area contributed by atoms with Gasteiger partial charge in [0.15, 0.2) is 0 Å². The molecule has 0 aliphatic carbocycles. The van der Waals surface area contributed by atoms with Crippen molar-refractivity contribution in [2.24, 2.45) is 0 Å². The predicted molar refractivity (Wildman–Crippen MR) is 88.1 cm³/mol.